The van der Waals surface area contributed by atoms with E-state index in [2.05, 4.69) is 41.3 Å². The largest absolute Gasteiger partial charge is 0.424 e. The Labute approximate surface area is 188 Å². The van der Waals surface area contributed by atoms with Crippen LogP contribution < -0.4 is 10.1 Å². The zero-order valence-corrected chi connectivity index (χ0v) is 18.7. The summed E-state index contributed by atoms with van der Waals surface area (Å²) in [6, 6.07) is 10.2. The third-order valence-corrected chi connectivity index (χ3v) is 8.11. The first-order valence-electron chi connectivity index (χ1n) is 11.5. The van der Waals surface area contributed by atoms with Crippen LogP contribution in [0.15, 0.2) is 42.7 Å². The minimum absolute atomic E-state index is 0.00381. The zero-order chi connectivity index (χ0) is 22.3. The molecule has 3 aliphatic rings. The Bertz CT molecular complexity index is 965. The van der Waals surface area contributed by atoms with Gasteiger partial charge in [0.2, 0.25) is 5.91 Å². The number of rotatable bonds is 6. The number of amides is 1. The number of aromatic nitrogens is 2. The van der Waals surface area contributed by atoms with Crippen LogP contribution in [-0.4, -0.2) is 40.2 Å². The van der Waals surface area contributed by atoms with E-state index in [1.165, 1.54) is 0 Å². The average Bonchev–Trinajstić information content (AvgIpc) is 3.28. The average molecular weight is 438 g/mol. The summed E-state index contributed by atoms with van der Waals surface area (Å²) >= 11 is 0. The van der Waals surface area contributed by atoms with E-state index in [4.69, 9.17) is 9.47 Å². The van der Waals surface area contributed by atoms with Gasteiger partial charge in [0.05, 0.1) is 12.7 Å². The molecule has 5 rings (SSSR count). The molecule has 1 aromatic carbocycles. The van der Waals surface area contributed by atoms with E-state index in [1.54, 1.807) is 18.5 Å². The minimum atomic E-state index is -0.118. The van der Waals surface area contributed by atoms with E-state index in [9.17, 15) is 9.90 Å². The molecule has 1 aromatic heterocycles. The molecule has 2 heterocycles. The number of aliphatic hydroxyl groups is 1. The van der Waals surface area contributed by atoms with E-state index >= 15 is 0 Å². The highest BCUT2D eigenvalue weighted by atomic mass is 16.5. The van der Waals surface area contributed by atoms with Crippen LogP contribution in [0.4, 0.5) is 0 Å². The number of hydrogen-bond acceptors (Lipinski definition) is 6. The Balaban J connectivity index is 1.38. The van der Waals surface area contributed by atoms with Crippen LogP contribution in [0.2, 0.25) is 0 Å². The monoisotopic (exact) mass is 437 g/mol. The summed E-state index contributed by atoms with van der Waals surface area (Å²) in [7, 11) is 0. The Morgan fingerprint density at radius 3 is 2.72 bits per heavy atom. The molecule has 3 fully saturated rings. The van der Waals surface area contributed by atoms with E-state index in [1.807, 2.05) is 12.1 Å². The minimum Gasteiger partial charge on any atom is -0.424 e. The first-order chi connectivity index (χ1) is 15.4. The van der Waals surface area contributed by atoms with E-state index < -0.39 is 0 Å². The summed E-state index contributed by atoms with van der Waals surface area (Å²) in [5.74, 6) is 1.54. The molecule has 7 nitrogen and oxygen atoms in total. The molecule has 7 heteroatoms. The number of hydrogen-bond donors (Lipinski definition) is 2. The number of ether oxygens (including phenoxy) is 2. The summed E-state index contributed by atoms with van der Waals surface area (Å²) in [5, 5.41) is 12.5. The maximum atomic E-state index is 12.4. The van der Waals surface area contributed by atoms with Crippen LogP contribution in [-0.2, 0) is 9.53 Å². The van der Waals surface area contributed by atoms with E-state index in [-0.39, 0.29) is 41.9 Å². The van der Waals surface area contributed by atoms with Gasteiger partial charge in [-0.3, -0.25) is 4.79 Å². The summed E-state index contributed by atoms with van der Waals surface area (Å²) in [5.41, 5.74) is 1.22. The number of aliphatic hydroxyl groups excluding tert-OH is 1. The van der Waals surface area contributed by atoms with Crippen molar-refractivity contribution in [2.45, 2.75) is 51.7 Å². The van der Waals surface area contributed by atoms with E-state index in [0.717, 1.165) is 24.8 Å². The van der Waals surface area contributed by atoms with Crippen molar-refractivity contribution in [1.29, 1.82) is 0 Å². The Kier molecular flexibility index (Phi) is 5.42. The molecule has 0 radical (unpaired) electrons. The molecule has 1 saturated heterocycles. The fraction of sp³-hybridized carbons (Fsp3) is 0.560. The highest BCUT2D eigenvalue weighted by molar-refractivity contribution is 5.76. The van der Waals surface area contributed by atoms with Crippen molar-refractivity contribution in [2.75, 3.05) is 13.2 Å². The van der Waals surface area contributed by atoms with Gasteiger partial charge in [-0.1, -0.05) is 26.0 Å². The van der Waals surface area contributed by atoms with Gasteiger partial charge in [-0.05, 0) is 65.7 Å². The van der Waals surface area contributed by atoms with Crippen LogP contribution in [0.5, 0.6) is 11.8 Å². The van der Waals surface area contributed by atoms with Crippen LogP contribution in [0, 0.1) is 22.7 Å². The topological polar surface area (TPSA) is 93.6 Å². The number of benzene rings is 1. The highest BCUT2D eigenvalue weighted by Crippen LogP contribution is 2.70. The SMILES string of the molecule is CC1(C)[C@@H]2C[C@@H]3[C@@H](c4ccc(Oc5ncccn5)cc4)OCCC3(C2)[C@H]1NC(=O)CCO. The lowest BCUT2D eigenvalue weighted by molar-refractivity contribution is -0.137. The van der Waals surface area contributed by atoms with Crippen LogP contribution >= 0.6 is 0 Å². The predicted octanol–water partition coefficient (Wildman–Crippen LogP) is 3.65. The number of carbonyl (C=O) groups excluding carboxylic acids is 1. The van der Waals surface area contributed by atoms with Gasteiger partial charge in [0.15, 0.2) is 0 Å². The molecular formula is C25H31N3O4. The van der Waals surface area contributed by atoms with Crippen molar-refractivity contribution in [3.63, 3.8) is 0 Å². The second kappa shape index (κ2) is 8.12. The first-order valence-corrected chi connectivity index (χ1v) is 11.5. The molecular weight excluding hydrogens is 406 g/mol. The fourth-order valence-electron chi connectivity index (χ4n) is 6.62. The van der Waals surface area contributed by atoms with Crippen molar-refractivity contribution in [1.82, 2.24) is 15.3 Å². The molecule has 2 bridgehead atoms. The van der Waals surface area contributed by atoms with Crippen molar-refractivity contribution in [3.8, 4) is 11.8 Å². The van der Waals surface area contributed by atoms with Gasteiger partial charge in [0.25, 0.3) is 0 Å². The maximum Gasteiger partial charge on any atom is 0.321 e. The Morgan fingerprint density at radius 1 is 1.25 bits per heavy atom. The zero-order valence-electron chi connectivity index (χ0n) is 18.7. The summed E-state index contributed by atoms with van der Waals surface area (Å²) in [6.45, 7) is 5.14. The van der Waals surface area contributed by atoms with Gasteiger partial charge in [-0.2, -0.15) is 0 Å². The smallest absolute Gasteiger partial charge is 0.321 e. The van der Waals surface area contributed by atoms with Gasteiger partial charge in [0, 0.05) is 31.5 Å². The predicted molar refractivity (Wildman–Crippen MR) is 118 cm³/mol. The molecule has 32 heavy (non-hydrogen) atoms. The molecule has 2 N–H and O–H groups in total. The van der Waals surface area contributed by atoms with E-state index in [0.29, 0.717) is 30.2 Å². The van der Waals surface area contributed by atoms with Crippen molar-refractivity contribution in [2.24, 2.45) is 22.7 Å². The fourth-order valence-corrected chi connectivity index (χ4v) is 6.62. The third-order valence-electron chi connectivity index (χ3n) is 8.11. The third kappa shape index (κ3) is 3.48. The van der Waals surface area contributed by atoms with Crippen LogP contribution in [0.1, 0.15) is 51.2 Å². The number of nitrogens with one attached hydrogen (secondary N) is 1. The summed E-state index contributed by atoms with van der Waals surface area (Å²) < 4.78 is 12.1. The number of nitrogens with zero attached hydrogens (tertiary/aromatic N) is 2. The van der Waals surface area contributed by atoms with Gasteiger partial charge in [-0.25, -0.2) is 9.97 Å². The first kappa shape index (κ1) is 21.3. The highest BCUT2D eigenvalue weighted by Gasteiger charge is 2.68. The molecule has 5 atom stereocenters. The lowest BCUT2D eigenvalue weighted by Crippen LogP contribution is -2.59. The van der Waals surface area contributed by atoms with Crippen molar-refractivity contribution < 1.29 is 19.4 Å². The van der Waals surface area contributed by atoms with Gasteiger partial charge in [0.1, 0.15) is 5.75 Å². The quantitative estimate of drug-likeness (QED) is 0.717. The lowest BCUT2D eigenvalue weighted by atomic mass is 9.59. The van der Waals surface area contributed by atoms with Crippen molar-refractivity contribution >= 4 is 5.91 Å². The summed E-state index contributed by atoms with van der Waals surface area (Å²) in [4.78, 5) is 20.7. The molecule has 1 aliphatic heterocycles. The molecule has 170 valence electrons. The molecule has 2 saturated carbocycles. The molecule has 2 aliphatic carbocycles. The normalized spacial score (nSPS) is 32.3. The Hall–Kier alpha value is -2.51. The lowest BCUT2D eigenvalue weighted by Gasteiger charge is -2.53. The van der Waals surface area contributed by atoms with Gasteiger partial charge < -0.3 is 19.9 Å². The summed E-state index contributed by atoms with van der Waals surface area (Å²) in [6.07, 6.45) is 6.66. The van der Waals surface area contributed by atoms with Gasteiger partial charge >= 0.3 is 6.01 Å². The Morgan fingerprint density at radius 2 is 2.00 bits per heavy atom. The molecule has 1 spiro atoms. The number of fused-ring (bicyclic) bond motifs is 1. The molecule has 2 aromatic rings. The van der Waals surface area contributed by atoms with Crippen LogP contribution in [0.3, 0.4) is 0 Å². The maximum absolute atomic E-state index is 12.4. The van der Waals surface area contributed by atoms with Gasteiger partial charge in [-0.15, -0.1) is 0 Å². The standard InChI is InChI=1S/C25H31N3O4/c1-24(2)17-14-19-21(16-4-6-18(7-5-16)32-23-26-10-3-11-27-23)31-13-9-25(19,15-17)22(24)28-20(30)8-12-29/h3-7,10-11,17,19,21-22,29H,8-9,12-15H2,1-2H3,(H,28,30)/t17-,19-,21-,22+,25?/m1/s1. The molecule has 1 amide bonds. The molecule has 1 unspecified atom stereocenters. The number of carbonyl (C=O) groups is 1. The second-order valence-electron chi connectivity index (χ2n) is 10.0. The van der Waals surface area contributed by atoms with Crippen LogP contribution in [0.25, 0.3) is 0 Å². The van der Waals surface area contributed by atoms with Crippen molar-refractivity contribution in [3.05, 3.63) is 48.3 Å². The second-order valence-corrected chi connectivity index (χ2v) is 10.0.